The lowest BCUT2D eigenvalue weighted by molar-refractivity contribution is -0.118. The summed E-state index contributed by atoms with van der Waals surface area (Å²) in [5, 5.41) is 2.85. The lowest BCUT2D eigenvalue weighted by Gasteiger charge is -2.23. The number of nitrogens with one attached hydrogen (secondary N) is 1. The average molecular weight is 423 g/mol. The van der Waals surface area contributed by atoms with Crippen molar-refractivity contribution in [3.63, 3.8) is 0 Å². The van der Waals surface area contributed by atoms with Crippen molar-refractivity contribution in [2.24, 2.45) is 0 Å². The van der Waals surface area contributed by atoms with E-state index in [4.69, 9.17) is 4.74 Å². The highest BCUT2D eigenvalue weighted by Crippen LogP contribution is 2.28. The van der Waals surface area contributed by atoms with E-state index < -0.39 is 0 Å². The van der Waals surface area contributed by atoms with Gasteiger partial charge in [-0.1, -0.05) is 57.9 Å². The third-order valence-corrected chi connectivity index (χ3v) is 6.21. The van der Waals surface area contributed by atoms with Crippen LogP contribution in [0.3, 0.4) is 0 Å². The summed E-state index contributed by atoms with van der Waals surface area (Å²) >= 11 is 0. The Hall–Kier alpha value is -2.82. The van der Waals surface area contributed by atoms with Crippen LogP contribution >= 0.6 is 0 Å². The third-order valence-electron chi connectivity index (χ3n) is 6.21. The molecule has 0 radical (unpaired) electrons. The Kier molecular flexibility index (Phi) is 7.72. The standard InChI is InChI=1S/C26H34N2O3/c1-4-26(2,3)20-13-15-21(16-14-20)31-19-24(29)27-23-12-8-7-11-22(23)25(30)28-17-9-5-6-10-18-28/h7-8,11-16H,4-6,9-10,17-19H2,1-3H3,(H,27,29). The molecule has 0 aliphatic carbocycles. The van der Waals surface area contributed by atoms with Gasteiger partial charge in [-0.15, -0.1) is 0 Å². The fourth-order valence-electron chi connectivity index (χ4n) is 3.76. The van der Waals surface area contributed by atoms with E-state index in [-0.39, 0.29) is 23.8 Å². The Labute approximate surface area is 185 Å². The second-order valence-electron chi connectivity index (χ2n) is 8.85. The Morgan fingerprint density at radius 3 is 2.26 bits per heavy atom. The number of likely N-dealkylation sites (tertiary alicyclic amines) is 1. The Morgan fingerprint density at radius 1 is 0.968 bits per heavy atom. The molecule has 0 spiro atoms. The van der Waals surface area contributed by atoms with Gasteiger partial charge in [0.05, 0.1) is 11.3 Å². The van der Waals surface area contributed by atoms with Crippen LogP contribution in [0.25, 0.3) is 0 Å². The molecular weight excluding hydrogens is 388 g/mol. The van der Waals surface area contributed by atoms with Crippen LogP contribution in [0.2, 0.25) is 0 Å². The van der Waals surface area contributed by atoms with Crippen LogP contribution in [-0.4, -0.2) is 36.4 Å². The van der Waals surface area contributed by atoms with Gasteiger partial charge in [0, 0.05) is 13.1 Å². The number of amides is 2. The van der Waals surface area contributed by atoms with E-state index in [0.717, 1.165) is 45.2 Å². The quantitative estimate of drug-likeness (QED) is 0.649. The summed E-state index contributed by atoms with van der Waals surface area (Å²) in [7, 11) is 0. The zero-order chi connectivity index (χ0) is 22.3. The first-order valence-electron chi connectivity index (χ1n) is 11.3. The minimum Gasteiger partial charge on any atom is -0.484 e. The van der Waals surface area contributed by atoms with Crippen LogP contribution in [0.15, 0.2) is 48.5 Å². The summed E-state index contributed by atoms with van der Waals surface area (Å²) in [6.45, 7) is 8.03. The number of benzene rings is 2. The molecule has 1 N–H and O–H groups in total. The molecule has 1 saturated heterocycles. The number of rotatable bonds is 7. The summed E-state index contributed by atoms with van der Waals surface area (Å²) in [5.74, 6) is 0.349. The number of para-hydroxylation sites is 1. The normalized spacial score (nSPS) is 14.6. The van der Waals surface area contributed by atoms with Crippen molar-refractivity contribution in [1.29, 1.82) is 0 Å². The lowest BCUT2D eigenvalue weighted by Crippen LogP contribution is -2.33. The van der Waals surface area contributed by atoms with E-state index in [0.29, 0.717) is 17.0 Å². The first-order valence-corrected chi connectivity index (χ1v) is 11.3. The minimum absolute atomic E-state index is 0.0205. The van der Waals surface area contributed by atoms with E-state index >= 15 is 0 Å². The Balaban J connectivity index is 1.60. The summed E-state index contributed by atoms with van der Waals surface area (Å²) < 4.78 is 5.67. The van der Waals surface area contributed by atoms with Crippen LogP contribution < -0.4 is 10.1 Å². The van der Waals surface area contributed by atoms with Gasteiger partial charge in [0.1, 0.15) is 5.75 Å². The molecular formula is C26H34N2O3. The van der Waals surface area contributed by atoms with Gasteiger partial charge in [-0.25, -0.2) is 0 Å². The van der Waals surface area contributed by atoms with Gasteiger partial charge in [-0.05, 0) is 54.5 Å². The molecule has 0 bridgehead atoms. The molecule has 0 unspecified atom stereocenters. The molecule has 2 aromatic rings. The molecule has 0 saturated carbocycles. The molecule has 31 heavy (non-hydrogen) atoms. The molecule has 0 atom stereocenters. The molecule has 2 amide bonds. The van der Waals surface area contributed by atoms with Crippen molar-refractivity contribution < 1.29 is 14.3 Å². The highest BCUT2D eigenvalue weighted by atomic mass is 16.5. The zero-order valence-electron chi connectivity index (χ0n) is 18.9. The van der Waals surface area contributed by atoms with Crippen molar-refractivity contribution in [2.75, 3.05) is 25.0 Å². The molecule has 5 nitrogen and oxygen atoms in total. The number of hydrogen-bond donors (Lipinski definition) is 1. The maximum Gasteiger partial charge on any atom is 0.262 e. The molecule has 1 aliphatic rings. The monoisotopic (exact) mass is 422 g/mol. The van der Waals surface area contributed by atoms with E-state index in [1.807, 2.05) is 41.3 Å². The number of carbonyl (C=O) groups is 2. The van der Waals surface area contributed by atoms with Crippen LogP contribution in [0, 0.1) is 0 Å². The molecule has 1 heterocycles. The maximum atomic E-state index is 13.0. The molecule has 3 rings (SSSR count). The van der Waals surface area contributed by atoms with Crippen molar-refractivity contribution in [3.05, 3.63) is 59.7 Å². The number of anilines is 1. The van der Waals surface area contributed by atoms with Gasteiger partial charge in [-0.2, -0.15) is 0 Å². The topological polar surface area (TPSA) is 58.6 Å². The first kappa shape index (κ1) is 22.9. The Bertz CT molecular complexity index is 882. The molecule has 1 fully saturated rings. The number of nitrogens with zero attached hydrogens (tertiary/aromatic N) is 1. The molecule has 166 valence electrons. The van der Waals surface area contributed by atoms with E-state index in [2.05, 4.69) is 26.1 Å². The zero-order valence-corrected chi connectivity index (χ0v) is 18.9. The molecule has 2 aromatic carbocycles. The van der Waals surface area contributed by atoms with Crippen molar-refractivity contribution in [3.8, 4) is 5.75 Å². The third kappa shape index (κ3) is 6.09. The first-order chi connectivity index (χ1) is 14.9. The Morgan fingerprint density at radius 2 is 1.61 bits per heavy atom. The second-order valence-corrected chi connectivity index (χ2v) is 8.85. The van der Waals surface area contributed by atoms with E-state index in [1.165, 1.54) is 5.56 Å². The van der Waals surface area contributed by atoms with Crippen LogP contribution in [0.5, 0.6) is 5.75 Å². The smallest absolute Gasteiger partial charge is 0.262 e. The van der Waals surface area contributed by atoms with Gasteiger partial charge in [0.2, 0.25) is 0 Å². The van der Waals surface area contributed by atoms with Gasteiger partial charge in [0.25, 0.3) is 11.8 Å². The minimum atomic E-state index is -0.283. The molecule has 0 aromatic heterocycles. The average Bonchev–Trinajstić information content (AvgIpc) is 3.07. The van der Waals surface area contributed by atoms with Gasteiger partial charge in [-0.3, -0.25) is 9.59 Å². The van der Waals surface area contributed by atoms with Crippen molar-refractivity contribution in [2.45, 2.75) is 58.3 Å². The van der Waals surface area contributed by atoms with E-state index in [1.54, 1.807) is 12.1 Å². The van der Waals surface area contributed by atoms with Crippen LogP contribution in [0.1, 0.15) is 68.8 Å². The van der Waals surface area contributed by atoms with Crippen LogP contribution in [-0.2, 0) is 10.2 Å². The number of carbonyl (C=O) groups excluding carboxylic acids is 2. The highest BCUT2D eigenvalue weighted by molar-refractivity contribution is 6.04. The number of hydrogen-bond acceptors (Lipinski definition) is 3. The van der Waals surface area contributed by atoms with Crippen molar-refractivity contribution in [1.82, 2.24) is 4.90 Å². The largest absolute Gasteiger partial charge is 0.484 e. The van der Waals surface area contributed by atoms with E-state index in [9.17, 15) is 9.59 Å². The predicted molar refractivity (Wildman–Crippen MR) is 125 cm³/mol. The fourth-order valence-corrected chi connectivity index (χ4v) is 3.76. The van der Waals surface area contributed by atoms with Gasteiger partial charge < -0.3 is 15.0 Å². The SMILES string of the molecule is CCC(C)(C)c1ccc(OCC(=O)Nc2ccccc2C(=O)N2CCCCCC2)cc1. The maximum absolute atomic E-state index is 13.0. The number of ether oxygens (including phenoxy) is 1. The molecule has 5 heteroatoms. The molecule has 1 aliphatic heterocycles. The van der Waals surface area contributed by atoms with Crippen LogP contribution in [0.4, 0.5) is 5.69 Å². The van der Waals surface area contributed by atoms with Gasteiger partial charge >= 0.3 is 0 Å². The predicted octanol–water partition coefficient (Wildman–Crippen LogP) is 5.41. The summed E-state index contributed by atoms with van der Waals surface area (Å²) in [5.41, 5.74) is 2.42. The van der Waals surface area contributed by atoms with Gasteiger partial charge in [0.15, 0.2) is 6.61 Å². The summed E-state index contributed by atoms with van der Waals surface area (Å²) in [6, 6.07) is 15.1. The summed E-state index contributed by atoms with van der Waals surface area (Å²) in [6.07, 6.45) is 5.43. The second kappa shape index (κ2) is 10.5. The fraction of sp³-hybridized carbons (Fsp3) is 0.462. The van der Waals surface area contributed by atoms with Crippen molar-refractivity contribution >= 4 is 17.5 Å². The lowest BCUT2D eigenvalue weighted by atomic mass is 9.82. The highest BCUT2D eigenvalue weighted by Gasteiger charge is 2.21. The summed E-state index contributed by atoms with van der Waals surface area (Å²) in [4.78, 5) is 27.4.